The topological polar surface area (TPSA) is 94.7 Å². The highest BCUT2D eigenvalue weighted by Gasteiger charge is 2.17. The summed E-state index contributed by atoms with van der Waals surface area (Å²) in [5.41, 5.74) is 2.44. The number of nitriles is 1. The van der Waals surface area contributed by atoms with E-state index in [1.807, 2.05) is 6.07 Å². The minimum atomic E-state index is -0.0742. The van der Waals surface area contributed by atoms with Crippen molar-refractivity contribution >= 4 is 56.4 Å². The Hall–Kier alpha value is -2.76. The van der Waals surface area contributed by atoms with Gasteiger partial charge in [0, 0.05) is 18.0 Å². The van der Waals surface area contributed by atoms with Crippen LogP contribution in [0.2, 0.25) is 10.0 Å². The van der Waals surface area contributed by atoms with Crippen molar-refractivity contribution < 1.29 is 5.11 Å². The van der Waals surface area contributed by atoms with Crippen molar-refractivity contribution in [2.24, 2.45) is 0 Å². The van der Waals surface area contributed by atoms with E-state index in [0.717, 1.165) is 15.8 Å². The zero-order chi connectivity index (χ0) is 19.7. The summed E-state index contributed by atoms with van der Waals surface area (Å²) in [7, 11) is 0. The fourth-order valence-electron chi connectivity index (χ4n) is 2.66. The maximum absolute atomic E-state index is 9.29. The molecule has 0 bridgehead atoms. The highest BCUT2D eigenvalue weighted by atomic mass is 35.5. The summed E-state index contributed by atoms with van der Waals surface area (Å²) in [6.07, 6.45) is 3.26. The first-order chi connectivity index (χ1) is 13.6. The van der Waals surface area contributed by atoms with Gasteiger partial charge in [-0.15, -0.1) is 11.3 Å². The number of rotatable bonds is 4. The Labute approximate surface area is 174 Å². The Morgan fingerprint density at radius 3 is 2.57 bits per heavy atom. The lowest BCUT2D eigenvalue weighted by atomic mass is 10.1. The van der Waals surface area contributed by atoms with Gasteiger partial charge in [-0.25, -0.2) is 15.0 Å². The van der Waals surface area contributed by atoms with Crippen LogP contribution in [0, 0.1) is 11.3 Å². The third-order valence-corrected chi connectivity index (χ3v) is 5.63. The Morgan fingerprint density at radius 1 is 1.11 bits per heavy atom. The number of nitrogens with zero attached hydrogens (tertiary/aromatic N) is 4. The first-order valence-corrected chi connectivity index (χ1v) is 9.64. The van der Waals surface area contributed by atoms with Crippen LogP contribution in [0.5, 0.6) is 0 Å². The predicted octanol–water partition coefficient (Wildman–Crippen LogP) is 5.17. The Kier molecular flexibility index (Phi) is 5.11. The molecule has 0 unspecified atom stereocenters. The monoisotopic (exact) mass is 427 g/mol. The van der Waals surface area contributed by atoms with Crippen molar-refractivity contribution in [2.75, 3.05) is 5.32 Å². The van der Waals surface area contributed by atoms with Gasteiger partial charge in [0.1, 0.15) is 10.8 Å². The van der Waals surface area contributed by atoms with Crippen LogP contribution in [-0.2, 0) is 6.61 Å². The van der Waals surface area contributed by atoms with Gasteiger partial charge in [0.2, 0.25) is 0 Å². The van der Waals surface area contributed by atoms with Crippen LogP contribution in [0.25, 0.3) is 20.8 Å². The summed E-state index contributed by atoms with van der Waals surface area (Å²) < 4.78 is 0.810. The lowest BCUT2D eigenvalue weighted by Crippen LogP contribution is -1.97. The summed E-state index contributed by atoms with van der Waals surface area (Å²) in [6.45, 7) is -0.0742. The van der Waals surface area contributed by atoms with Gasteiger partial charge in [0.15, 0.2) is 5.82 Å². The van der Waals surface area contributed by atoms with Crippen LogP contribution in [0.4, 0.5) is 11.6 Å². The second kappa shape index (κ2) is 7.70. The fourth-order valence-corrected chi connectivity index (χ4v) is 4.51. The number of aliphatic hydroxyl groups is 1. The molecule has 0 saturated carbocycles. The number of hydrogen-bond acceptors (Lipinski definition) is 7. The standard InChI is InChI=1S/C19H11Cl2N5OS/c20-12-5-11(8-22)6-13(21)16(12)19-25-14-2-4-24-18(17(14)28-19)26-15-7-10(9-27)1-3-23-15/h1-7,27H,9H2,(H,23,24,26). The molecule has 4 aromatic rings. The average molecular weight is 428 g/mol. The number of nitrogens with one attached hydrogen (secondary N) is 1. The lowest BCUT2D eigenvalue weighted by molar-refractivity contribution is 0.282. The van der Waals surface area contributed by atoms with E-state index >= 15 is 0 Å². The molecule has 2 N–H and O–H groups in total. The van der Waals surface area contributed by atoms with Gasteiger partial charge in [-0.3, -0.25) is 0 Å². The molecule has 0 saturated heterocycles. The van der Waals surface area contributed by atoms with Gasteiger partial charge in [0.05, 0.1) is 38.5 Å². The van der Waals surface area contributed by atoms with Crippen molar-refractivity contribution in [3.05, 3.63) is 63.9 Å². The molecular weight excluding hydrogens is 417 g/mol. The highest BCUT2D eigenvalue weighted by molar-refractivity contribution is 7.22. The molecule has 3 aromatic heterocycles. The number of pyridine rings is 2. The summed E-state index contributed by atoms with van der Waals surface area (Å²) in [5, 5.41) is 22.9. The summed E-state index contributed by atoms with van der Waals surface area (Å²) in [6, 6.07) is 10.4. The molecular formula is C19H11Cl2N5OS. The SMILES string of the molecule is N#Cc1cc(Cl)c(-c2nc3ccnc(Nc4cc(CO)ccn4)c3s2)c(Cl)c1. The lowest BCUT2D eigenvalue weighted by Gasteiger charge is -2.06. The summed E-state index contributed by atoms with van der Waals surface area (Å²) >= 11 is 14.1. The van der Waals surface area contributed by atoms with Crippen LogP contribution >= 0.6 is 34.5 Å². The van der Waals surface area contributed by atoms with Crippen LogP contribution in [0.3, 0.4) is 0 Å². The van der Waals surface area contributed by atoms with Crippen molar-refractivity contribution in [1.29, 1.82) is 5.26 Å². The van der Waals surface area contributed by atoms with Gasteiger partial charge in [0.25, 0.3) is 0 Å². The first-order valence-electron chi connectivity index (χ1n) is 8.07. The third kappa shape index (κ3) is 3.51. The number of aromatic nitrogens is 3. The zero-order valence-corrected chi connectivity index (χ0v) is 16.5. The molecule has 3 heterocycles. The van der Waals surface area contributed by atoms with Gasteiger partial charge < -0.3 is 10.4 Å². The molecule has 0 radical (unpaired) electrons. The van der Waals surface area contributed by atoms with E-state index in [-0.39, 0.29) is 6.61 Å². The summed E-state index contributed by atoms with van der Waals surface area (Å²) in [5.74, 6) is 1.15. The van der Waals surface area contributed by atoms with E-state index in [1.54, 1.807) is 42.7 Å². The first kappa shape index (κ1) is 18.6. The van der Waals surface area contributed by atoms with Crippen LogP contribution in [0.15, 0.2) is 42.7 Å². The van der Waals surface area contributed by atoms with E-state index in [2.05, 4.69) is 20.3 Å². The maximum atomic E-state index is 9.29. The molecule has 0 aliphatic carbocycles. The molecule has 0 spiro atoms. The number of anilines is 2. The number of aliphatic hydroxyl groups excluding tert-OH is 1. The molecule has 0 amide bonds. The van der Waals surface area contributed by atoms with Crippen LogP contribution in [-0.4, -0.2) is 20.1 Å². The van der Waals surface area contributed by atoms with Gasteiger partial charge in [-0.05, 0) is 35.9 Å². The summed E-state index contributed by atoms with van der Waals surface area (Å²) in [4.78, 5) is 13.3. The molecule has 0 aliphatic rings. The molecule has 138 valence electrons. The van der Waals surface area contributed by atoms with Crippen molar-refractivity contribution in [3.8, 4) is 16.6 Å². The fraction of sp³-hybridized carbons (Fsp3) is 0.0526. The Balaban J connectivity index is 1.79. The van der Waals surface area contributed by atoms with E-state index in [4.69, 9.17) is 28.5 Å². The second-order valence-electron chi connectivity index (χ2n) is 5.79. The molecule has 0 aliphatic heterocycles. The molecule has 0 fully saturated rings. The van der Waals surface area contributed by atoms with E-state index in [0.29, 0.717) is 37.8 Å². The van der Waals surface area contributed by atoms with E-state index in [1.165, 1.54) is 11.3 Å². The zero-order valence-electron chi connectivity index (χ0n) is 14.1. The quantitative estimate of drug-likeness (QED) is 0.466. The molecule has 6 nitrogen and oxygen atoms in total. The van der Waals surface area contributed by atoms with Crippen LogP contribution in [0.1, 0.15) is 11.1 Å². The average Bonchev–Trinajstić information content (AvgIpc) is 3.12. The van der Waals surface area contributed by atoms with Gasteiger partial charge >= 0.3 is 0 Å². The number of thiazole rings is 1. The molecule has 28 heavy (non-hydrogen) atoms. The number of benzene rings is 1. The molecule has 1 aromatic carbocycles. The smallest absolute Gasteiger partial charge is 0.151 e. The Morgan fingerprint density at radius 2 is 1.86 bits per heavy atom. The molecule has 9 heteroatoms. The largest absolute Gasteiger partial charge is 0.392 e. The molecule has 0 atom stereocenters. The maximum Gasteiger partial charge on any atom is 0.151 e. The van der Waals surface area contributed by atoms with Crippen molar-refractivity contribution in [1.82, 2.24) is 15.0 Å². The van der Waals surface area contributed by atoms with Gasteiger partial charge in [-0.1, -0.05) is 23.2 Å². The molecule has 4 rings (SSSR count). The number of hydrogen-bond donors (Lipinski definition) is 2. The van der Waals surface area contributed by atoms with Gasteiger partial charge in [-0.2, -0.15) is 5.26 Å². The normalized spacial score (nSPS) is 10.8. The van der Waals surface area contributed by atoms with Crippen molar-refractivity contribution in [2.45, 2.75) is 6.61 Å². The minimum absolute atomic E-state index is 0.0742. The predicted molar refractivity (Wildman–Crippen MR) is 111 cm³/mol. The van der Waals surface area contributed by atoms with E-state index < -0.39 is 0 Å². The second-order valence-corrected chi connectivity index (χ2v) is 7.60. The minimum Gasteiger partial charge on any atom is -0.392 e. The van der Waals surface area contributed by atoms with E-state index in [9.17, 15) is 5.11 Å². The number of halogens is 2. The third-order valence-electron chi connectivity index (χ3n) is 3.94. The Bertz CT molecular complexity index is 1210. The highest BCUT2D eigenvalue weighted by Crippen LogP contribution is 2.41. The van der Waals surface area contributed by atoms with Crippen molar-refractivity contribution in [3.63, 3.8) is 0 Å². The van der Waals surface area contributed by atoms with Crippen LogP contribution < -0.4 is 5.32 Å². The number of fused-ring (bicyclic) bond motifs is 1.